The zero-order valence-electron chi connectivity index (χ0n) is 11.5. The SMILES string of the molecule is CCCc1nc(Cl)c(C)c(NCC(C)(C)CO)n1. The van der Waals surface area contributed by atoms with Crippen molar-refractivity contribution in [3.8, 4) is 0 Å². The molecule has 0 saturated heterocycles. The molecule has 0 bridgehead atoms. The van der Waals surface area contributed by atoms with E-state index in [1.54, 1.807) is 0 Å². The van der Waals surface area contributed by atoms with Crippen LogP contribution in [0.3, 0.4) is 0 Å². The summed E-state index contributed by atoms with van der Waals surface area (Å²) in [6.07, 6.45) is 1.80. The molecule has 102 valence electrons. The van der Waals surface area contributed by atoms with Gasteiger partial charge in [0.2, 0.25) is 0 Å². The van der Waals surface area contributed by atoms with E-state index in [9.17, 15) is 5.11 Å². The predicted molar refractivity (Wildman–Crippen MR) is 75.1 cm³/mol. The fourth-order valence-corrected chi connectivity index (χ4v) is 1.61. The Hall–Kier alpha value is -0.870. The van der Waals surface area contributed by atoms with Crippen LogP contribution in [0.1, 0.15) is 38.6 Å². The number of aromatic nitrogens is 2. The average molecular weight is 272 g/mol. The van der Waals surface area contributed by atoms with Crippen molar-refractivity contribution in [2.75, 3.05) is 18.5 Å². The molecule has 0 radical (unpaired) electrons. The standard InChI is InChI=1S/C13H22ClN3O/c1-5-6-10-16-11(14)9(2)12(17-10)15-7-13(3,4)8-18/h18H,5-8H2,1-4H3,(H,15,16,17). The Morgan fingerprint density at radius 1 is 1.33 bits per heavy atom. The van der Waals surface area contributed by atoms with Gasteiger partial charge in [0, 0.05) is 30.6 Å². The Morgan fingerprint density at radius 2 is 2.00 bits per heavy atom. The number of halogens is 1. The minimum atomic E-state index is -0.186. The van der Waals surface area contributed by atoms with E-state index >= 15 is 0 Å². The number of aryl methyl sites for hydroxylation is 1. The minimum absolute atomic E-state index is 0.125. The molecule has 5 heteroatoms. The van der Waals surface area contributed by atoms with Crippen molar-refractivity contribution >= 4 is 17.4 Å². The molecule has 0 saturated carbocycles. The third-order valence-electron chi connectivity index (χ3n) is 2.77. The van der Waals surface area contributed by atoms with Gasteiger partial charge in [0.05, 0.1) is 0 Å². The van der Waals surface area contributed by atoms with Crippen LogP contribution in [0.5, 0.6) is 0 Å². The van der Waals surface area contributed by atoms with Gasteiger partial charge in [0.25, 0.3) is 0 Å². The van der Waals surface area contributed by atoms with Crippen LogP contribution in [0.4, 0.5) is 5.82 Å². The van der Waals surface area contributed by atoms with Gasteiger partial charge in [0.15, 0.2) is 0 Å². The van der Waals surface area contributed by atoms with E-state index in [0.717, 1.165) is 30.0 Å². The summed E-state index contributed by atoms with van der Waals surface area (Å²) >= 11 is 6.10. The fraction of sp³-hybridized carbons (Fsp3) is 0.692. The summed E-state index contributed by atoms with van der Waals surface area (Å²) in [5, 5.41) is 13.0. The molecular formula is C13H22ClN3O. The van der Waals surface area contributed by atoms with Gasteiger partial charge in [-0.15, -0.1) is 0 Å². The summed E-state index contributed by atoms with van der Waals surface area (Å²) in [4.78, 5) is 8.72. The first-order valence-electron chi connectivity index (χ1n) is 6.27. The lowest BCUT2D eigenvalue weighted by Crippen LogP contribution is -2.27. The molecule has 0 fully saturated rings. The van der Waals surface area contributed by atoms with Crippen molar-refractivity contribution in [3.63, 3.8) is 0 Å². The lowest BCUT2D eigenvalue weighted by Gasteiger charge is -2.23. The van der Waals surface area contributed by atoms with Gasteiger partial charge in [-0.25, -0.2) is 9.97 Å². The Kier molecular flexibility index (Phi) is 5.35. The molecule has 0 unspecified atom stereocenters. The second-order valence-corrected chi connectivity index (χ2v) is 5.69. The summed E-state index contributed by atoms with van der Waals surface area (Å²) < 4.78 is 0. The molecule has 0 aliphatic heterocycles. The van der Waals surface area contributed by atoms with Crippen LogP contribution in [0.25, 0.3) is 0 Å². The molecule has 1 heterocycles. The van der Waals surface area contributed by atoms with Crippen molar-refractivity contribution in [2.45, 2.75) is 40.5 Å². The molecule has 1 aromatic rings. The minimum Gasteiger partial charge on any atom is -0.396 e. The lowest BCUT2D eigenvalue weighted by atomic mass is 9.95. The van der Waals surface area contributed by atoms with Crippen molar-refractivity contribution in [2.24, 2.45) is 5.41 Å². The van der Waals surface area contributed by atoms with Crippen molar-refractivity contribution in [1.29, 1.82) is 0 Å². The molecule has 0 aliphatic rings. The second kappa shape index (κ2) is 6.34. The largest absolute Gasteiger partial charge is 0.396 e. The monoisotopic (exact) mass is 271 g/mol. The highest BCUT2D eigenvalue weighted by Gasteiger charge is 2.17. The van der Waals surface area contributed by atoms with Gasteiger partial charge in [0.1, 0.15) is 16.8 Å². The number of aliphatic hydroxyl groups is 1. The smallest absolute Gasteiger partial charge is 0.137 e. The fourth-order valence-electron chi connectivity index (χ4n) is 1.42. The highest BCUT2D eigenvalue weighted by Crippen LogP contribution is 2.22. The van der Waals surface area contributed by atoms with E-state index in [-0.39, 0.29) is 12.0 Å². The van der Waals surface area contributed by atoms with E-state index < -0.39 is 0 Å². The molecule has 0 aromatic carbocycles. The highest BCUT2D eigenvalue weighted by molar-refractivity contribution is 6.30. The topological polar surface area (TPSA) is 58.0 Å². The number of aliphatic hydroxyl groups excluding tert-OH is 1. The molecule has 1 aromatic heterocycles. The third kappa shape index (κ3) is 4.10. The Balaban J connectivity index is 2.87. The first-order chi connectivity index (χ1) is 8.39. The average Bonchev–Trinajstić information content (AvgIpc) is 2.32. The second-order valence-electron chi connectivity index (χ2n) is 5.33. The van der Waals surface area contributed by atoms with Gasteiger partial charge < -0.3 is 10.4 Å². The van der Waals surface area contributed by atoms with Crippen LogP contribution in [-0.4, -0.2) is 28.2 Å². The third-order valence-corrected chi connectivity index (χ3v) is 3.14. The van der Waals surface area contributed by atoms with Crippen molar-refractivity contribution < 1.29 is 5.11 Å². The highest BCUT2D eigenvalue weighted by atomic mass is 35.5. The van der Waals surface area contributed by atoms with Crippen molar-refractivity contribution in [1.82, 2.24) is 9.97 Å². The number of rotatable bonds is 6. The van der Waals surface area contributed by atoms with E-state index in [1.165, 1.54) is 0 Å². The molecule has 4 nitrogen and oxygen atoms in total. The van der Waals surface area contributed by atoms with Crippen LogP contribution < -0.4 is 5.32 Å². The quantitative estimate of drug-likeness (QED) is 0.781. The van der Waals surface area contributed by atoms with Gasteiger partial charge >= 0.3 is 0 Å². The number of nitrogens with one attached hydrogen (secondary N) is 1. The van der Waals surface area contributed by atoms with Crippen LogP contribution in [0, 0.1) is 12.3 Å². The molecule has 0 spiro atoms. The molecular weight excluding hydrogens is 250 g/mol. The number of hydrogen-bond acceptors (Lipinski definition) is 4. The Bertz CT molecular complexity index is 407. The maximum atomic E-state index is 9.24. The molecule has 18 heavy (non-hydrogen) atoms. The summed E-state index contributed by atoms with van der Waals surface area (Å²) in [5.41, 5.74) is 0.666. The van der Waals surface area contributed by atoms with E-state index in [0.29, 0.717) is 11.7 Å². The van der Waals surface area contributed by atoms with Crippen LogP contribution in [0.2, 0.25) is 5.15 Å². The molecule has 0 aliphatic carbocycles. The van der Waals surface area contributed by atoms with Gasteiger partial charge in [-0.05, 0) is 13.3 Å². The van der Waals surface area contributed by atoms with E-state index in [2.05, 4.69) is 22.2 Å². The summed E-state index contributed by atoms with van der Waals surface area (Å²) in [5.74, 6) is 1.53. The summed E-state index contributed by atoms with van der Waals surface area (Å²) in [7, 11) is 0. The Morgan fingerprint density at radius 3 is 2.56 bits per heavy atom. The van der Waals surface area contributed by atoms with Gasteiger partial charge in [-0.2, -0.15) is 0 Å². The molecule has 0 atom stereocenters. The van der Waals surface area contributed by atoms with Gasteiger partial charge in [-0.3, -0.25) is 0 Å². The van der Waals surface area contributed by atoms with Gasteiger partial charge in [-0.1, -0.05) is 32.4 Å². The lowest BCUT2D eigenvalue weighted by molar-refractivity contribution is 0.170. The maximum Gasteiger partial charge on any atom is 0.137 e. The Labute approximate surface area is 114 Å². The predicted octanol–water partition coefficient (Wildman–Crippen LogP) is 2.82. The zero-order valence-corrected chi connectivity index (χ0v) is 12.3. The van der Waals surface area contributed by atoms with Crippen molar-refractivity contribution in [3.05, 3.63) is 16.5 Å². The van der Waals surface area contributed by atoms with Crippen LogP contribution in [0.15, 0.2) is 0 Å². The molecule has 0 amide bonds. The van der Waals surface area contributed by atoms with E-state index in [4.69, 9.17) is 11.6 Å². The number of nitrogens with zero attached hydrogens (tertiary/aromatic N) is 2. The normalized spacial score (nSPS) is 11.7. The maximum absolute atomic E-state index is 9.24. The number of anilines is 1. The number of hydrogen-bond donors (Lipinski definition) is 2. The zero-order chi connectivity index (χ0) is 13.8. The first-order valence-corrected chi connectivity index (χ1v) is 6.65. The summed E-state index contributed by atoms with van der Waals surface area (Å²) in [6, 6.07) is 0. The molecule has 2 N–H and O–H groups in total. The van der Waals surface area contributed by atoms with Crippen LogP contribution >= 0.6 is 11.6 Å². The summed E-state index contributed by atoms with van der Waals surface area (Å²) in [6.45, 7) is 8.73. The molecule has 1 rings (SSSR count). The first kappa shape index (κ1) is 15.2. The van der Waals surface area contributed by atoms with Crippen LogP contribution in [-0.2, 0) is 6.42 Å². The van der Waals surface area contributed by atoms with E-state index in [1.807, 2.05) is 20.8 Å².